The van der Waals surface area contributed by atoms with E-state index in [1.807, 2.05) is 0 Å². The van der Waals surface area contributed by atoms with Crippen molar-refractivity contribution < 1.29 is 9.18 Å². The molecule has 0 atom stereocenters. The smallest absolute Gasteiger partial charge is 0.151 e. The molecule has 0 radical (unpaired) electrons. The third kappa shape index (κ3) is 3.42. The summed E-state index contributed by atoms with van der Waals surface area (Å²) in [6.45, 7) is 1.27. The second-order valence-electron chi connectivity index (χ2n) is 4.38. The number of benzene rings is 1. The lowest BCUT2D eigenvalue weighted by Crippen LogP contribution is -2.26. The summed E-state index contributed by atoms with van der Waals surface area (Å²) >= 11 is 0. The van der Waals surface area contributed by atoms with Crippen LogP contribution in [0.1, 0.15) is 18.4 Å². The van der Waals surface area contributed by atoms with Gasteiger partial charge in [-0.15, -0.1) is 0 Å². The Balaban J connectivity index is 1.75. The van der Waals surface area contributed by atoms with Gasteiger partial charge in [0.15, 0.2) is 5.78 Å². The maximum absolute atomic E-state index is 13.2. The fourth-order valence-electron chi connectivity index (χ4n) is 1.65. The van der Waals surface area contributed by atoms with Gasteiger partial charge in [0.2, 0.25) is 0 Å². The van der Waals surface area contributed by atoms with Crippen molar-refractivity contribution in [3.8, 4) is 0 Å². The molecule has 1 aromatic carbocycles. The van der Waals surface area contributed by atoms with E-state index < -0.39 is 0 Å². The number of hydrogen-bond acceptors (Lipinski definition) is 2. The topological polar surface area (TPSA) is 29.1 Å². The molecular weight excluding hydrogens is 205 g/mol. The van der Waals surface area contributed by atoms with Gasteiger partial charge in [0.25, 0.3) is 0 Å². The molecule has 2 rings (SSSR count). The lowest BCUT2D eigenvalue weighted by molar-refractivity contribution is -0.117. The van der Waals surface area contributed by atoms with E-state index >= 15 is 0 Å². The van der Waals surface area contributed by atoms with Gasteiger partial charge in [-0.2, -0.15) is 0 Å². The average molecular weight is 221 g/mol. The van der Waals surface area contributed by atoms with Gasteiger partial charge in [0.05, 0.1) is 6.54 Å². The lowest BCUT2D eigenvalue weighted by atomic mass is 10.1. The normalized spacial score (nSPS) is 15.1. The van der Waals surface area contributed by atoms with Crippen LogP contribution in [-0.4, -0.2) is 18.9 Å². The Morgan fingerprint density at radius 2 is 2.12 bits per heavy atom. The van der Waals surface area contributed by atoms with Crippen molar-refractivity contribution >= 4 is 5.78 Å². The minimum atomic E-state index is -0.293. The molecule has 0 aromatic heterocycles. The fourth-order valence-corrected chi connectivity index (χ4v) is 1.65. The first-order chi connectivity index (χ1) is 7.75. The van der Waals surface area contributed by atoms with Gasteiger partial charge < -0.3 is 5.32 Å². The Kier molecular flexibility index (Phi) is 3.67. The molecule has 0 heterocycles. The Morgan fingerprint density at radius 3 is 2.81 bits per heavy atom. The molecule has 0 amide bonds. The highest BCUT2D eigenvalue weighted by Gasteiger charge is 2.20. The molecule has 0 bridgehead atoms. The summed E-state index contributed by atoms with van der Waals surface area (Å²) in [5, 5.41) is 3.11. The highest BCUT2D eigenvalue weighted by molar-refractivity contribution is 5.82. The maximum Gasteiger partial charge on any atom is 0.151 e. The van der Waals surface area contributed by atoms with Crippen LogP contribution in [-0.2, 0) is 11.2 Å². The molecule has 0 aliphatic heterocycles. The van der Waals surface area contributed by atoms with E-state index in [9.17, 15) is 9.18 Å². The second-order valence-corrected chi connectivity index (χ2v) is 4.38. The van der Waals surface area contributed by atoms with Crippen LogP contribution in [0.25, 0.3) is 0 Å². The Morgan fingerprint density at radius 1 is 1.38 bits per heavy atom. The predicted molar refractivity (Wildman–Crippen MR) is 60.7 cm³/mol. The summed E-state index contributed by atoms with van der Waals surface area (Å²) in [7, 11) is 0. The largest absolute Gasteiger partial charge is 0.310 e. The molecule has 1 N–H and O–H groups in total. The first-order valence-corrected chi connectivity index (χ1v) is 5.71. The monoisotopic (exact) mass is 221 g/mol. The average Bonchev–Trinajstić information content (AvgIpc) is 3.05. The lowest BCUT2D eigenvalue weighted by Gasteiger charge is -2.04. The van der Waals surface area contributed by atoms with E-state index in [0.717, 1.165) is 12.5 Å². The zero-order valence-corrected chi connectivity index (χ0v) is 9.21. The predicted octanol–water partition coefficient (Wildman–Crippen LogP) is 1.94. The van der Waals surface area contributed by atoms with Crippen LogP contribution in [0, 0.1) is 11.7 Å². The number of hydrogen-bond donors (Lipinski definition) is 1. The van der Waals surface area contributed by atoms with Gasteiger partial charge in [0.1, 0.15) is 5.82 Å². The molecule has 2 nitrogen and oxygen atoms in total. The molecule has 1 fully saturated rings. The molecule has 1 saturated carbocycles. The molecule has 1 aliphatic rings. The SMILES string of the molecule is O=C(CNCC1CC1)Cc1ccccc1F. The van der Waals surface area contributed by atoms with Crippen molar-refractivity contribution in [2.24, 2.45) is 5.92 Å². The fraction of sp³-hybridized carbons (Fsp3) is 0.462. The first-order valence-electron chi connectivity index (χ1n) is 5.71. The van der Waals surface area contributed by atoms with Crippen molar-refractivity contribution in [3.63, 3.8) is 0 Å². The highest BCUT2D eigenvalue weighted by Crippen LogP contribution is 2.27. The van der Waals surface area contributed by atoms with Gasteiger partial charge in [-0.25, -0.2) is 4.39 Å². The maximum atomic E-state index is 13.2. The van der Waals surface area contributed by atoms with Crippen molar-refractivity contribution in [2.75, 3.05) is 13.1 Å². The standard InChI is InChI=1S/C13H16FNO/c14-13-4-2-1-3-11(13)7-12(16)9-15-8-10-5-6-10/h1-4,10,15H,5-9H2. The van der Waals surface area contributed by atoms with Gasteiger partial charge in [-0.1, -0.05) is 18.2 Å². The van der Waals surface area contributed by atoms with Crippen LogP contribution in [0.3, 0.4) is 0 Å². The van der Waals surface area contributed by atoms with Gasteiger partial charge >= 0.3 is 0 Å². The number of ketones is 1. The van der Waals surface area contributed by atoms with Gasteiger partial charge in [-0.05, 0) is 36.9 Å². The van der Waals surface area contributed by atoms with Gasteiger partial charge in [-0.3, -0.25) is 4.79 Å². The number of nitrogens with one attached hydrogen (secondary N) is 1. The van der Waals surface area contributed by atoms with Crippen LogP contribution in [0.15, 0.2) is 24.3 Å². The summed E-state index contributed by atoms with van der Waals surface area (Å²) in [6, 6.07) is 6.44. The third-order valence-electron chi connectivity index (χ3n) is 2.80. The minimum absolute atomic E-state index is 0.0470. The zero-order chi connectivity index (χ0) is 11.4. The highest BCUT2D eigenvalue weighted by atomic mass is 19.1. The first kappa shape index (κ1) is 11.3. The number of halogens is 1. The molecule has 0 saturated heterocycles. The van der Waals surface area contributed by atoms with E-state index in [2.05, 4.69) is 5.32 Å². The molecular formula is C13H16FNO. The van der Waals surface area contributed by atoms with Crippen LogP contribution in [0.2, 0.25) is 0 Å². The summed E-state index contributed by atoms with van der Waals surface area (Å²) in [6.07, 6.45) is 2.73. The molecule has 86 valence electrons. The van der Waals surface area contributed by atoms with E-state index in [1.165, 1.54) is 18.9 Å². The van der Waals surface area contributed by atoms with Crippen molar-refractivity contribution in [3.05, 3.63) is 35.6 Å². The van der Waals surface area contributed by atoms with Gasteiger partial charge in [0, 0.05) is 6.42 Å². The van der Waals surface area contributed by atoms with E-state index in [0.29, 0.717) is 12.1 Å². The summed E-state index contributed by atoms with van der Waals surface area (Å²) < 4.78 is 13.2. The number of carbonyl (C=O) groups is 1. The number of Topliss-reactive ketones (excluding diaryl/α,β-unsaturated/α-hetero) is 1. The molecule has 1 aromatic rings. The third-order valence-corrected chi connectivity index (χ3v) is 2.80. The van der Waals surface area contributed by atoms with E-state index in [4.69, 9.17) is 0 Å². The second kappa shape index (κ2) is 5.21. The quantitative estimate of drug-likeness (QED) is 0.795. The number of rotatable bonds is 6. The Labute approximate surface area is 94.9 Å². The van der Waals surface area contributed by atoms with Crippen LogP contribution in [0.4, 0.5) is 4.39 Å². The van der Waals surface area contributed by atoms with Crippen LogP contribution >= 0.6 is 0 Å². The molecule has 3 heteroatoms. The molecule has 16 heavy (non-hydrogen) atoms. The number of carbonyl (C=O) groups excluding carboxylic acids is 1. The summed E-state index contributed by atoms with van der Waals surface area (Å²) in [4.78, 5) is 11.5. The van der Waals surface area contributed by atoms with Crippen molar-refractivity contribution in [1.29, 1.82) is 0 Å². The zero-order valence-electron chi connectivity index (χ0n) is 9.21. The van der Waals surface area contributed by atoms with Crippen LogP contribution in [0.5, 0.6) is 0 Å². The summed E-state index contributed by atoms with van der Waals surface area (Å²) in [5.74, 6) is 0.519. The Hall–Kier alpha value is -1.22. The van der Waals surface area contributed by atoms with Crippen molar-refractivity contribution in [2.45, 2.75) is 19.3 Å². The Bertz CT molecular complexity index is 374. The summed E-state index contributed by atoms with van der Waals surface area (Å²) in [5.41, 5.74) is 0.487. The molecule has 1 aliphatic carbocycles. The molecule has 0 unspecified atom stereocenters. The van der Waals surface area contributed by atoms with Crippen LogP contribution < -0.4 is 5.32 Å². The van der Waals surface area contributed by atoms with E-state index in [1.54, 1.807) is 18.2 Å². The van der Waals surface area contributed by atoms with E-state index in [-0.39, 0.29) is 18.0 Å². The minimum Gasteiger partial charge on any atom is -0.310 e. The molecule has 0 spiro atoms. The van der Waals surface area contributed by atoms with Crippen molar-refractivity contribution in [1.82, 2.24) is 5.32 Å².